The summed E-state index contributed by atoms with van der Waals surface area (Å²) in [6.07, 6.45) is -2.60. The van der Waals surface area contributed by atoms with Crippen LogP contribution in [0.4, 0.5) is 13.2 Å². The van der Waals surface area contributed by atoms with E-state index in [9.17, 15) is 13.2 Å². The number of nitrogens with one attached hydrogen (secondary N) is 2. The Morgan fingerprint density at radius 3 is 2.68 bits per heavy atom. The molecule has 1 fully saturated rings. The molecule has 0 aliphatic carbocycles. The number of rotatable bonds is 5. The zero-order valence-corrected chi connectivity index (χ0v) is 17.8. The van der Waals surface area contributed by atoms with Gasteiger partial charge in [0.2, 0.25) is 0 Å². The Bertz CT molecular complexity index is 576. The third-order valence-electron chi connectivity index (χ3n) is 3.88. The first kappa shape index (κ1) is 22.4. The maximum Gasteiger partial charge on any atom is 0.401 e. The summed E-state index contributed by atoms with van der Waals surface area (Å²) >= 11 is 1.69. The minimum atomic E-state index is -4.14. The van der Waals surface area contributed by atoms with Crippen molar-refractivity contribution in [3.05, 3.63) is 15.6 Å². The lowest BCUT2D eigenvalue weighted by Crippen LogP contribution is -2.45. The van der Waals surface area contributed by atoms with Crippen molar-refractivity contribution >= 4 is 41.3 Å². The summed E-state index contributed by atoms with van der Waals surface area (Å²) in [5, 5.41) is 7.48. The van der Waals surface area contributed by atoms with Gasteiger partial charge in [0.25, 0.3) is 0 Å². The van der Waals surface area contributed by atoms with Gasteiger partial charge in [0.1, 0.15) is 0 Å². The molecule has 0 saturated carbocycles. The monoisotopic (exact) mass is 491 g/mol. The van der Waals surface area contributed by atoms with Gasteiger partial charge in [-0.25, -0.2) is 4.98 Å². The van der Waals surface area contributed by atoms with Crippen molar-refractivity contribution in [1.82, 2.24) is 20.5 Å². The van der Waals surface area contributed by atoms with Crippen LogP contribution in [0.25, 0.3) is 0 Å². The normalized spacial score (nSPS) is 19.0. The molecule has 25 heavy (non-hydrogen) atoms. The van der Waals surface area contributed by atoms with Crippen molar-refractivity contribution in [1.29, 1.82) is 0 Å². The molecule has 1 aliphatic rings. The molecule has 2 heterocycles. The highest BCUT2D eigenvalue weighted by Gasteiger charge is 2.34. The molecule has 1 saturated heterocycles. The smallest absolute Gasteiger partial charge is 0.356 e. The molecule has 0 radical (unpaired) electrons. The fourth-order valence-corrected chi connectivity index (χ4v) is 3.77. The van der Waals surface area contributed by atoms with E-state index in [0.717, 1.165) is 17.1 Å². The molecule has 1 aromatic heterocycles. The first-order chi connectivity index (χ1) is 11.3. The number of thiazole rings is 1. The van der Waals surface area contributed by atoms with Gasteiger partial charge in [-0.3, -0.25) is 9.89 Å². The summed E-state index contributed by atoms with van der Waals surface area (Å²) in [5.74, 6) is 0.632. The average Bonchev–Trinajstić information content (AvgIpc) is 3.02. The van der Waals surface area contributed by atoms with Crippen LogP contribution in [0.2, 0.25) is 0 Å². The Labute approximate surface area is 167 Å². The lowest BCUT2D eigenvalue weighted by molar-refractivity contribution is -0.143. The molecule has 2 N–H and O–H groups in total. The highest BCUT2D eigenvalue weighted by Crippen LogP contribution is 2.20. The van der Waals surface area contributed by atoms with Crippen molar-refractivity contribution in [2.24, 2.45) is 4.99 Å². The summed E-state index contributed by atoms with van der Waals surface area (Å²) in [7, 11) is 1.67. The summed E-state index contributed by atoms with van der Waals surface area (Å²) < 4.78 is 37.3. The third kappa shape index (κ3) is 7.65. The summed E-state index contributed by atoms with van der Waals surface area (Å²) in [6, 6.07) is -0.00839. The Hall–Kier alpha value is -0.620. The fourth-order valence-electron chi connectivity index (χ4n) is 2.84. The number of hydrogen-bond acceptors (Lipinski definition) is 4. The van der Waals surface area contributed by atoms with Gasteiger partial charge in [0.05, 0.1) is 17.2 Å². The molecular formula is C15H25F3IN5S. The molecule has 1 atom stereocenters. The second-order valence-electron chi connectivity index (χ2n) is 5.97. The highest BCUT2D eigenvalue weighted by atomic mass is 127. The molecule has 1 unspecified atom stereocenters. The summed E-state index contributed by atoms with van der Waals surface area (Å²) in [4.78, 5) is 11.2. The van der Waals surface area contributed by atoms with Crippen molar-refractivity contribution < 1.29 is 13.2 Å². The molecule has 0 spiro atoms. The average molecular weight is 491 g/mol. The van der Waals surface area contributed by atoms with Gasteiger partial charge in [-0.15, -0.1) is 35.3 Å². The number of guanidine groups is 1. The molecule has 144 valence electrons. The van der Waals surface area contributed by atoms with Gasteiger partial charge in [0, 0.05) is 44.0 Å². The number of aromatic nitrogens is 1. The Balaban J connectivity index is 0.00000312. The van der Waals surface area contributed by atoms with Crippen molar-refractivity contribution in [2.75, 3.05) is 33.2 Å². The van der Waals surface area contributed by atoms with E-state index < -0.39 is 12.7 Å². The van der Waals surface area contributed by atoms with Gasteiger partial charge in [-0.05, 0) is 20.3 Å². The van der Waals surface area contributed by atoms with Gasteiger partial charge >= 0.3 is 6.18 Å². The molecular weight excluding hydrogens is 466 g/mol. The number of nitrogens with zero attached hydrogens (tertiary/aromatic N) is 3. The number of alkyl halides is 3. The largest absolute Gasteiger partial charge is 0.401 e. The van der Waals surface area contributed by atoms with E-state index >= 15 is 0 Å². The summed E-state index contributed by atoms with van der Waals surface area (Å²) in [6.45, 7) is 4.69. The van der Waals surface area contributed by atoms with Crippen LogP contribution < -0.4 is 10.6 Å². The van der Waals surface area contributed by atoms with E-state index in [1.807, 2.05) is 13.8 Å². The van der Waals surface area contributed by atoms with Crippen LogP contribution in [-0.4, -0.2) is 61.3 Å². The molecule has 1 aromatic rings. The molecule has 0 amide bonds. The Morgan fingerprint density at radius 2 is 2.12 bits per heavy atom. The SMILES string of the molecule is CN=C(NCCc1sc(C)nc1C)NC1CCN(CC(F)(F)F)C1.I. The lowest BCUT2D eigenvalue weighted by Gasteiger charge is -2.19. The maximum absolute atomic E-state index is 12.4. The first-order valence-electron chi connectivity index (χ1n) is 7.96. The fraction of sp³-hybridized carbons (Fsp3) is 0.733. The van der Waals surface area contributed by atoms with Crippen molar-refractivity contribution in [2.45, 2.75) is 38.9 Å². The minimum Gasteiger partial charge on any atom is -0.356 e. The standard InChI is InChI=1S/C15H24F3N5S.HI/c1-10-13(24-11(2)21-10)4-6-20-14(19-3)22-12-5-7-23(8-12)9-15(16,17)18;/h12H,4-9H2,1-3H3,(H2,19,20,22);1H. The van der Waals surface area contributed by atoms with Crippen molar-refractivity contribution in [3.63, 3.8) is 0 Å². The molecule has 2 rings (SSSR count). The van der Waals surface area contributed by atoms with Crippen LogP contribution in [0.15, 0.2) is 4.99 Å². The van der Waals surface area contributed by atoms with E-state index in [1.165, 1.54) is 9.78 Å². The van der Waals surface area contributed by atoms with E-state index in [1.54, 1.807) is 18.4 Å². The number of hydrogen-bond donors (Lipinski definition) is 2. The molecule has 10 heteroatoms. The molecule has 1 aliphatic heterocycles. The van der Waals surface area contributed by atoms with Crippen LogP contribution in [-0.2, 0) is 6.42 Å². The third-order valence-corrected chi connectivity index (χ3v) is 5.02. The zero-order chi connectivity index (χ0) is 17.7. The topological polar surface area (TPSA) is 52.6 Å². The second-order valence-corrected chi connectivity index (χ2v) is 7.26. The van der Waals surface area contributed by atoms with Crippen LogP contribution >= 0.6 is 35.3 Å². The van der Waals surface area contributed by atoms with Crippen LogP contribution in [0.1, 0.15) is 22.0 Å². The van der Waals surface area contributed by atoms with Crippen LogP contribution in [0, 0.1) is 13.8 Å². The van der Waals surface area contributed by atoms with Gasteiger partial charge < -0.3 is 10.6 Å². The molecule has 5 nitrogen and oxygen atoms in total. The number of aliphatic imine (C=N–C) groups is 1. The number of halogens is 4. The molecule has 0 bridgehead atoms. The Morgan fingerprint density at radius 1 is 1.40 bits per heavy atom. The first-order valence-corrected chi connectivity index (χ1v) is 8.77. The predicted octanol–water partition coefficient (Wildman–Crippen LogP) is 2.72. The zero-order valence-electron chi connectivity index (χ0n) is 14.6. The predicted molar refractivity (Wildman–Crippen MR) is 106 cm³/mol. The lowest BCUT2D eigenvalue weighted by atomic mass is 10.2. The van der Waals surface area contributed by atoms with E-state index in [4.69, 9.17) is 0 Å². The highest BCUT2D eigenvalue weighted by molar-refractivity contribution is 14.0. The van der Waals surface area contributed by atoms with E-state index in [-0.39, 0.29) is 30.0 Å². The van der Waals surface area contributed by atoms with E-state index in [2.05, 4.69) is 20.6 Å². The second kappa shape index (κ2) is 9.91. The van der Waals surface area contributed by atoms with Gasteiger partial charge in [-0.1, -0.05) is 0 Å². The minimum absolute atomic E-state index is 0. The maximum atomic E-state index is 12.4. The summed E-state index contributed by atoms with van der Waals surface area (Å²) in [5.41, 5.74) is 1.06. The van der Waals surface area contributed by atoms with Crippen LogP contribution in [0.3, 0.4) is 0 Å². The molecule has 0 aromatic carbocycles. The quantitative estimate of drug-likeness (QED) is 0.378. The number of aryl methyl sites for hydroxylation is 2. The van der Waals surface area contributed by atoms with Crippen molar-refractivity contribution in [3.8, 4) is 0 Å². The van der Waals surface area contributed by atoms with Gasteiger partial charge in [-0.2, -0.15) is 13.2 Å². The van der Waals surface area contributed by atoms with Gasteiger partial charge in [0.15, 0.2) is 5.96 Å². The van der Waals surface area contributed by atoms with E-state index in [0.29, 0.717) is 32.0 Å². The Kier molecular flexibility index (Phi) is 8.89. The number of likely N-dealkylation sites (tertiary alicyclic amines) is 1. The van der Waals surface area contributed by atoms with Crippen LogP contribution in [0.5, 0.6) is 0 Å².